The smallest absolute Gasteiger partial charge is 0.180 e. The first-order valence-corrected chi connectivity index (χ1v) is 9.56. The highest BCUT2D eigenvalue weighted by Crippen LogP contribution is 2.42. The van der Waals surface area contributed by atoms with Crippen LogP contribution in [0.3, 0.4) is 0 Å². The molecule has 1 aliphatic rings. The standard InChI is InChI=1S/C13H21N3O3S2/c1-8(2)10(17)11-9(14)12(21(3,18)19)13(20-11)16-6-4-15-5-7-16/h8,15H,4-7,14H2,1-3H3. The average molecular weight is 331 g/mol. The van der Waals surface area contributed by atoms with E-state index in [1.54, 1.807) is 13.8 Å². The van der Waals surface area contributed by atoms with Crippen LogP contribution in [0.25, 0.3) is 0 Å². The Balaban J connectivity index is 2.57. The van der Waals surface area contributed by atoms with Gasteiger partial charge in [0.2, 0.25) is 0 Å². The van der Waals surface area contributed by atoms with Gasteiger partial charge in [0.1, 0.15) is 9.90 Å². The second-order valence-electron chi connectivity index (χ2n) is 5.51. The number of carbonyl (C=O) groups is 1. The van der Waals surface area contributed by atoms with Crippen LogP contribution in [0.2, 0.25) is 0 Å². The van der Waals surface area contributed by atoms with Crippen LogP contribution in [0.5, 0.6) is 0 Å². The summed E-state index contributed by atoms with van der Waals surface area (Å²) in [7, 11) is -3.48. The van der Waals surface area contributed by atoms with E-state index in [2.05, 4.69) is 5.32 Å². The number of sulfone groups is 1. The van der Waals surface area contributed by atoms with Crippen LogP contribution in [0.4, 0.5) is 10.7 Å². The number of carbonyl (C=O) groups excluding carboxylic acids is 1. The number of thiophene rings is 1. The van der Waals surface area contributed by atoms with Crippen molar-refractivity contribution in [1.82, 2.24) is 5.32 Å². The fourth-order valence-electron chi connectivity index (χ4n) is 2.30. The fraction of sp³-hybridized carbons (Fsp3) is 0.615. The number of Topliss-reactive ketones (excluding diaryl/α,β-unsaturated/α-hetero) is 1. The number of ketones is 1. The third-order valence-electron chi connectivity index (χ3n) is 3.41. The minimum absolute atomic E-state index is 0.106. The second kappa shape index (κ2) is 5.94. The fourth-order valence-corrected chi connectivity index (χ4v) is 5.14. The Labute approximate surface area is 129 Å². The van der Waals surface area contributed by atoms with Gasteiger partial charge in [-0.1, -0.05) is 13.8 Å². The summed E-state index contributed by atoms with van der Waals surface area (Å²) in [4.78, 5) is 14.7. The normalized spacial score (nSPS) is 16.5. The molecule has 0 amide bonds. The van der Waals surface area contributed by atoms with Gasteiger partial charge in [-0.05, 0) is 0 Å². The maximum absolute atomic E-state index is 12.2. The van der Waals surface area contributed by atoms with Crippen LogP contribution in [0, 0.1) is 5.92 Å². The largest absolute Gasteiger partial charge is 0.396 e. The van der Waals surface area contributed by atoms with E-state index in [0.717, 1.165) is 19.3 Å². The minimum atomic E-state index is -3.48. The molecular formula is C13H21N3O3S2. The van der Waals surface area contributed by atoms with Gasteiger partial charge < -0.3 is 16.0 Å². The lowest BCUT2D eigenvalue weighted by molar-refractivity contribution is 0.0944. The van der Waals surface area contributed by atoms with Crippen molar-refractivity contribution in [1.29, 1.82) is 0 Å². The monoisotopic (exact) mass is 331 g/mol. The van der Waals surface area contributed by atoms with Gasteiger partial charge >= 0.3 is 0 Å². The van der Waals surface area contributed by atoms with Crippen molar-refractivity contribution in [3.05, 3.63) is 4.88 Å². The number of hydrogen-bond acceptors (Lipinski definition) is 7. The number of nitrogen functional groups attached to an aromatic ring is 1. The van der Waals surface area contributed by atoms with Crippen LogP contribution in [0.1, 0.15) is 23.5 Å². The van der Waals surface area contributed by atoms with Crippen molar-refractivity contribution >= 4 is 37.6 Å². The highest BCUT2D eigenvalue weighted by molar-refractivity contribution is 7.91. The predicted molar refractivity (Wildman–Crippen MR) is 86.1 cm³/mol. The molecule has 1 saturated heterocycles. The first-order valence-electron chi connectivity index (χ1n) is 6.85. The molecule has 3 N–H and O–H groups in total. The van der Waals surface area contributed by atoms with Crippen molar-refractivity contribution in [3.8, 4) is 0 Å². The van der Waals surface area contributed by atoms with Crippen molar-refractivity contribution in [2.24, 2.45) is 5.92 Å². The third-order valence-corrected chi connectivity index (χ3v) is 5.97. The molecular weight excluding hydrogens is 310 g/mol. The summed E-state index contributed by atoms with van der Waals surface area (Å²) < 4.78 is 24.2. The first-order chi connectivity index (χ1) is 9.73. The number of hydrogen-bond donors (Lipinski definition) is 2. The quantitative estimate of drug-likeness (QED) is 0.799. The molecule has 1 aromatic rings. The SMILES string of the molecule is CC(C)C(=O)c1sc(N2CCNCC2)c(S(C)(=O)=O)c1N. The lowest BCUT2D eigenvalue weighted by Crippen LogP contribution is -2.43. The molecule has 6 nitrogen and oxygen atoms in total. The van der Waals surface area contributed by atoms with Gasteiger partial charge in [-0.3, -0.25) is 4.79 Å². The Bertz CT molecular complexity index is 644. The zero-order valence-corrected chi connectivity index (χ0v) is 14.1. The Kier molecular flexibility index (Phi) is 4.60. The molecule has 0 aromatic carbocycles. The second-order valence-corrected chi connectivity index (χ2v) is 8.46. The van der Waals surface area contributed by atoms with Crippen molar-refractivity contribution < 1.29 is 13.2 Å². The summed E-state index contributed by atoms with van der Waals surface area (Å²) in [6.07, 6.45) is 1.14. The number of nitrogens with zero attached hydrogens (tertiary/aromatic N) is 1. The molecule has 1 aromatic heterocycles. The minimum Gasteiger partial charge on any atom is -0.396 e. The number of nitrogens with one attached hydrogen (secondary N) is 1. The van der Waals surface area contributed by atoms with Gasteiger partial charge in [0.15, 0.2) is 15.6 Å². The predicted octanol–water partition coefficient (Wildman–Crippen LogP) is 0.982. The molecule has 1 fully saturated rings. The van der Waals surface area contributed by atoms with E-state index in [-0.39, 0.29) is 22.3 Å². The van der Waals surface area contributed by atoms with E-state index < -0.39 is 9.84 Å². The zero-order chi connectivity index (χ0) is 15.8. The number of nitrogens with two attached hydrogens (primary N) is 1. The maximum atomic E-state index is 12.2. The highest BCUT2D eigenvalue weighted by Gasteiger charge is 2.30. The van der Waals surface area contributed by atoms with Gasteiger partial charge in [0.25, 0.3) is 0 Å². The molecule has 118 valence electrons. The van der Waals surface area contributed by atoms with Gasteiger partial charge in [-0.15, -0.1) is 11.3 Å². The molecule has 0 aliphatic carbocycles. The summed E-state index contributed by atoms with van der Waals surface area (Å²) >= 11 is 1.20. The van der Waals surface area contributed by atoms with Crippen LogP contribution < -0.4 is 16.0 Å². The van der Waals surface area contributed by atoms with Crippen molar-refractivity contribution in [3.63, 3.8) is 0 Å². The van der Waals surface area contributed by atoms with E-state index >= 15 is 0 Å². The molecule has 2 heterocycles. The van der Waals surface area contributed by atoms with Gasteiger partial charge in [-0.2, -0.15) is 0 Å². The van der Waals surface area contributed by atoms with Crippen LogP contribution in [-0.4, -0.2) is 46.6 Å². The molecule has 1 aliphatic heterocycles. The molecule has 0 spiro atoms. The highest BCUT2D eigenvalue weighted by atomic mass is 32.2. The molecule has 0 unspecified atom stereocenters. The van der Waals surface area contributed by atoms with Crippen LogP contribution >= 0.6 is 11.3 Å². The summed E-state index contributed by atoms with van der Waals surface area (Å²) in [5.41, 5.74) is 6.11. The van der Waals surface area contributed by atoms with Gasteiger partial charge in [0.05, 0.1) is 10.6 Å². The molecule has 0 saturated carbocycles. The van der Waals surface area contributed by atoms with E-state index in [1.807, 2.05) is 4.90 Å². The first kappa shape index (κ1) is 16.3. The number of piperazine rings is 1. The van der Waals surface area contributed by atoms with E-state index in [0.29, 0.717) is 23.0 Å². The molecule has 2 rings (SSSR count). The summed E-state index contributed by atoms with van der Waals surface area (Å²) in [5, 5.41) is 3.82. The summed E-state index contributed by atoms with van der Waals surface area (Å²) in [6, 6.07) is 0. The molecule has 0 atom stereocenters. The molecule has 0 radical (unpaired) electrons. The summed E-state index contributed by atoms with van der Waals surface area (Å²) in [6.45, 7) is 6.55. The molecule has 8 heteroatoms. The summed E-state index contributed by atoms with van der Waals surface area (Å²) in [5.74, 6) is -0.321. The van der Waals surface area contributed by atoms with E-state index in [1.165, 1.54) is 11.3 Å². The maximum Gasteiger partial charge on any atom is 0.180 e. The van der Waals surface area contributed by atoms with E-state index in [4.69, 9.17) is 5.73 Å². The Morgan fingerprint density at radius 1 is 1.33 bits per heavy atom. The number of rotatable bonds is 4. The Morgan fingerprint density at radius 2 is 1.90 bits per heavy atom. The lowest BCUT2D eigenvalue weighted by atomic mass is 10.1. The molecule has 0 bridgehead atoms. The van der Waals surface area contributed by atoms with E-state index in [9.17, 15) is 13.2 Å². The van der Waals surface area contributed by atoms with Gasteiger partial charge in [-0.25, -0.2) is 8.42 Å². The van der Waals surface area contributed by atoms with Gasteiger partial charge in [0, 0.05) is 38.4 Å². The average Bonchev–Trinajstić information content (AvgIpc) is 2.76. The third kappa shape index (κ3) is 3.22. The van der Waals surface area contributed by atoms with Crippen LogP contribution in [0.15, 0.2) is 4.90 Å². The van der Waals surface area contributed by atoms with Crippen LogP contribution in [-0.2, 0) is 9.84 Å². The van der Waals surface area contributed by atoms with Crippen molar-refractivity contribution in [2.75, 3.05) is 43.1 Å². The lowest BCUT2D eigenvalue weighted by Gasteiger charge is -2.28. The number of anilines is 2. The Hall–Kier alpha value is -1.12. The zero-order valence-electron chi connectivity index (χ0n) is 12.5. The molecule has 21 heavy (non-hydrogen) atoms. The van der Waals surface area contributed by atoms with Crippen molar-refractivity contribution in [2.45, 2.75) is 18.7 Å². The Morgan fingerprint density at radius 3 is 2.38 bits per heavy atom. The topological polar surface area (TPSA) is 92.5 Å².